The fourth-order valence-electron chi connectivity index (χ4n) is 4.21. The molecule has 0 unspecified atom stereocenters. The Morgan fingerprint density at radius 2 is 1.78 bits per heavy atom. The van der Waals surface area contributed by atoms with Crippen LogP contribution in [0.3, 0.4) is 0 Å². The number of fused-ring (bicyclic) bond motifs is 1. The number of nitrogens with one attached hydrogen (secondary N) is 1. The van der Waals surface area contributed by atoms with Crippen LogP contribution in [-0.2, 0) is 35.5 Å². The van der Waals surface area contributed by atoms with Gasteiger partial charge in [-0.05, 0) is 68.4 Å². The van der Waals surface area contributed by atoms with Gasteiger partial charge in [0.1, 0.15) is 0 Å². The maximum absolute atomic E-state index is 12.4. The van der Waals surface area contributed by atoms with E-state index in [9.17, 15) is 9.59 Å². The van der Waals surface area contributed by atoms with E-state index in [4.69, 9.17) is 4.74 Å². The average molecular weight is 432 g/mol. The van der Waals surface area contributed by atoms with Crippen LogP contribution in [-0.4, -0.2) is 28.3 Å². The van der Waals surface area contributed by atoms with E-state index < -0.39 is 5.97 Å². The number of ether oxygens (including phenoxy) is 1. The molecule has 166 valence electrons. The van der Waals surface area contributed by atoms with E-state index in [-0.39, 0.29) is 12.5 Å². The topological polar surface area (TPSA) is 73.2 Å². The molecule has 6 nitrogen and oxygen atoms in total. The Morgan fingerprint density at radius 1 is 1.03 bits per heavy atom. The molecule has 1 aliphatic rings. The van der Waals surface area contributed by atoms with Crippen LogP contribution in [0.4, 0.5) is 0 Å². The second-order valence-corrected chi connectivity index (χ2v) is 8.34. The number of aryl methyl sites for hydroxylation is 3. The number of carbonyl (C=O) groups is 2. The van der Waals surface area contributed by atoms with Gasteiger partial charge in [0.15, 0.2) is 6.61 Å². The lowest BCUT2D eigenvalue weighted by atomic mass is 9.90. The van der Waals surface area contributed by atoms with Gasteiger partial charge in [-0.1, -0.05) is 36.4 Å². The quantitative estimate of drug-likeness (QED) is 0.576. The standard InChI is InChI=1S/C26H29N3O3/c1-18-24(19(2)29(28-18)16-20-8-4-3-5-9-20)15-27-25(30)17-32-26(31)23-13-12-21-10-6-7-11-22(21)14-23/h3-5,8-9,12-14H,6-7,10-11,15-17H2,1-2H3,(H,27,30). The monoisotopic (exact) mass is 431 g/mol. The minimum atomic E-state index is -0.462. The molecular weight excluding hydrogens is 402 g/mol. The zero-order chi connectivity index (χ0) is 22.5. The summed E-state index contributed by atoms with van der Waals surface area (Å²) in [5, 5.41) is 7.46. The van der Waals surface area contributed by atoms with Crippen LogP contribution in [0.15, 0.2) is 48.5 Å². The van der Waals surface area contributed by atoms with Crippen molar-refractivity contribution < 1.29 is 14.3 Å². The molecule has 0 aliphatic heterocycles. The molecule has 1 amide bonds. The Bertz CT molecular complexity index is 1120. The van der Waals surface area contributed by atoms with Gasteiger partial charge in [-0.3, -0.25) is 9.48 Å². The van der Waals surface area contributed by atoms with Crippen molar-refractivity contribution in [3.8, 4) is 0 Å². The van der Waals surface area contributed by atoms with E-state index in [0.29, 0.717) is 18.7 Å². The highest BCUT2D eigenvalue weighted by atomic mass is 16.5. The third kappa shape index (κ3) is 5.07. The molecule has 0 saturated heterocycles. The van der Waals surface area contributed by atoms with Crippen LogP contribution in [0.25, 0.3) is 0 Å². The summed E-state index contributed by atoms with van der Waals surface area (Å²) in [6.07, 6.45) is 4.40. The number of rotatable bonds is 7. The van der Waals surface area contributed by atoms with E-state index >= 15 is 0 Å². The van der Waals surface area contributed by atoms with Crippen molar-refractivity contribution in [2.24, 2.45) is 0 Å². The minimum Gasteiger partial charge on any atom is -0.452 e. The molecule has 6 heteroatoms. The van der Waals surface area contributed by atoms with Gasteiger partial charge < -0.3 is 10.1 Å². The lowest BCUT2D eigenvalue weighted by molar-refractivity contribution is -0.124. The van der Waals surface area contributed by atoms with Crippen LogP contribution < -0.4 is 5.32 Å². The van der Waals surface area contributed by atoms with Gasteiger partial charge in [0.2, 0.25) is 0 Å². The van der Waals surface area contributed by atoms with E-state index in [1.165, 1.54) is 23.1 Å². The van der Waals surface area contributed by atoms with Crippen LogP contribution in [0.2, 0.25) is 0 Å². The molecule has 32 heavy (non-hydrogen) atoms. The predicted molar refractivity (Wildman–Crippen MR) is 122 cm³/mol. The van der Waals surface area contributed by atoms with Crippen LogP contribution >= 0.6 is 0 Å². The Kier molecular flexibility index (Phi) is 6.69. The van der Waals surface area contributed by atoms with Crippen molar-refractivity contribution in [2.75, 3.05) is 6.61 Å². The molecule has 1 aliphatic carbocycles. The molecule has 3 aromatic rings. The highest BCUT2D eigenvalue weighted by molar-refractivity contribution is 5.91. The third-order valence-electron chi connectivity index (χ3n) is 6.09. The number of carbonyl (C=O) groups excluding carboxylic acids is 2. The van der Waals surface area contributed by atoms with Crippen LogP contribution in [0.1, 0.15) is 56.8 Å². The molecule has 0 radical (unpaired) electrons. The first-order valence-electron chi connectivity index (χ1n) is 11.1. The van der Waals surface area contributed by atoms with Crippen LogP contribution in [0, 0.1) is 13.8 Å². The van der Waals surface area contributed by atoms with Crippen molar-refractivity contribution in [3.05, 3.63) is 87.7 Å². The van der Waals surface area contributed by atoms with Gasteiger partial charge in [0.25, 0.3) is 5.91 Å². The summed E-state index contributed by atoms with van der Waals surface area (Å²) in [6.45, 7) is 4.67. The Morgan fingerprint density at radius 3 is 2.56 bits per heavy atom. The largest absolute Gasteiger partial charge is 0.452 e. The number of nitrogens with zero attached hydrogens (tertiary/aromatic N) is 2. The first kappa shape index (κ1) is 21.8. The molecule has 0 saturated carbocycles. The first-order valence-corrected chi connectivity index (χ1v) is 11.1. The van der Waals surface area contributed by atoms with E-state index in [0.717, 1.165) is 36.2 Å². The van der Waals surface area contributed by atoms with Gasteiger partial charge in [-0.2, -0.15) is 5.10 Å². The highest BCUT2D eigenvalue weighted by Crippen LogP contribution is 2.22. The fraction of sp³-hybridized carbons (Fsp3) is 0.346. The van der Waals surface area contributed by atoms with Gasteiger partial charge in [0.05, 0.1) is 17.8 Å². The maximum atomic E-state index is 12.4. The highest BCUT2D eigenvalue weighted by Gasteiger charge is 2.16. The van der Waals surface area contributed by atoms with Gasteiger partial charge in [-0.15, -0.1) is 0 Å². The zero-order valence-corrected chi connectivity index (χ0v) is 18.7. The number of aromatic nitrogens is 2. The van der Waals surface area contributed by atoms with E-state index in [2.05, 4.69) is 22.5 Å². The third-order valence-corrected chi connectivity index (χ3v) is 6.09. The second-order valence-electron chi connectivity index (χ2n) is 8.34. The molecule has 1 aromatic heterocycles. The average Bonchev–Trinajstić information content (AvgIpc) is 3.08. The normalized spacial score (nSPS) is 12.8. The number of benzene rings is 2. The van der Waals surface area contributed by atoms with Crippen LogP contribution in [0.5, 0.6) is 0 Å². The molecule has 1 heterocycles. The minimum absolute atomic E-state index is 0.299. The fourth-order valence-corrected chi connectivity index (χ4v) is 4.21. The number of hydrogen-bond acceptors (Lipinski definition) is 4. The summed E-state index contributed by atoms with van der Waals surface area (Å²) in [4.78, 5) is 24.7. The summed E-state index contributed by atoms with van der Waals surface area (Å²) >= 11 is 0. The first-order chi connectivity index (χ1) is 15.5. The van der Waals surface area contributed by atoms with Gasteiger partial charge >= 0.3 is 5.97 Å². The van der Waals surface area contributed by atoms with Crippen molar-refractivity contribution in [2.45, 2.75) is 52.6 Å². The van der Waals surface area contributed by atoms with E-state index in [1.807, 2.05) is 48.9 Å². The molecule has 1 N–H and O–H groups in total. The molecule has 0 bridgehead atoms. The van der Waals surface area contributed by atoms with Crippen molar-refractivity contribution in [1.29, 1.82) is 0 Å². The Balaban J connectivity index is 1.30. The van der Waals surface area contributed by atoms with Gasteiger partial charge in [0, 0.05) is 17.8 Å². The summed E-state index contributed by atoms with van der Waals surface area (Å²) < 4.78 is 7.19. The summed E-state index contributed by atoms with van der Waals surface area (Å²) in [7, 11) is 0. The Labute approximate surface area is 188 Å². The molecule has 2 aromatic carbocycles. The van der Waals surface area contributed by atoms with Crippen molar-refractivity contribution >= 4 is 11.9 Å². The lowest BCUT2D eigenvalue weighted by Gasteiger charge is -2.16. The lowest BCUT2D eigenvalue weighted by Crippen LogP contribution is -2.28. The Hall–Kier alpha value is -3.41. The predicted octanol–water partition coefficient (Wildman–Crippen LogP) is 3.90. The molecule has 0 atom stereocenters. The summed E-state index contributed by atoms with van der Waals surface area (Å²) in [5.74, 6) is -0.789. The van der Waals surface area contributed by atoms with Crippen molar-refractivity contribution in [1.82, 2.24) is 15.1 Å². The number of esters is 1. The van der Waals surface area contributed by atoms with Crippen molar-refractivity contribution in [3.63, 3.8) is 0 Å². The molecule has 0 spiro atoms. The number of amides is 1. The van der Waals surface area contributed by atoms with Gasteiger partial charge in [-0.25, -0.2) is 4.79 Å². The maximum Gasteiger partial charge on any atom is 0.338 e. The smallest absolute Gasteiger partial charge is 0.338 e. The summed E-state index contributed by atoms with van der Waals surface area (Å²) in [5.41, 5.74) is 7.07. The molecule has 0 fully saturated rings. The SMILES string of the molecule is Cc1nn(Cc2ccccc2)c(C)c1CNC(=O)COC(=O)c1ccc2c(c1)CCCC2. The summed E-state index contributed by atoms with van der Waals surface area (Å²) in [6, 6.07) is 15.8. The zero-order valence-electron chi connectivity index (χ0n) is 18.7. The van der Waals surface area contributed by atoms with E-state index in [1.54, 1.807) is 6.07 Å². The molecular formula is C26H29N3O3. The number of hydrogen-bond donors (Lipinski definition) is 1. The second kappa shape index (κ2) is 9.81. The molecule has 4 rings (SSSR count).